The van der Waals surface area contributed by atoms with Crippen LogP contribution in [0.4, 0.5) is 0 Å². The smallest absolute Gasteiger partial charge is 0.213 e. The molecule has 2 rings (SSSR count). The molecule has 0 fully saturated rings. The zero-order valence-electron chi connectivity index (χ0n) is 7.12. The number of hydrogen-bond donors (Lipinski definition) is 0. The lowest BCUT2D eigenvalue weighted by Crippen LogP contribution is -1.87. The van der Waals surface area contributed by atoms with E-state index >= 15 is 0 Å². The van der Waals surface area contributed by atoms with Crippen LogP contribution in [0.2, 0.25) is 5.02 Å². The van der Waals surface area contributed by atoms with Crippen molar-refractivity contribution in [3.63, 3.8) is 0 Å². The Balaban J connectivity index is 2.72. The average molecular weight is 194 g/mol. The first kappa shape index (κ1) is 8.32. The molecule has 1 aromatic carbocycles. The highest BCUT2D eigenvalue weighted by Crippen LogP contribution is 2.23. The predicted molar refractivity (Wildman–Crippen MR) is 53.3 cm³/mol. The number of fused-ring (bicyclic) bond motifs is 1. The van der Waals surface area contributed by atoms with Gasteiger partial charge >= 0.3 is 0 Å². The van der Waals surface area contributed by atoms with Gasteiger partial charge in [0.05, 0.1) is 12.6 Å². The Morgan fingerprint density at radius 3 is 2.85 bits per heavy atom. The largest absolute Gasteiger partial charge is 0.481 e. The third-order valence-electron chi connectivity index (χ3n) is 1.86. The van der Waals surface area contributed by atoms with Crippen LogP contribution in [0.5, 0.6) is 5.88 Å². The Labute approximate surface area is 81.1 Å². The molecule has 0 N–H and O–H groups in total. The molecule has 2 aromatic rings. The highest BCUT2D eigenvalue weighted by Gasteiger charge is 2.00. The van der Waals surface area contributed by atoms with E-state index in [1.54, 1.807) is 13.2 Å². The van der Waals surface area contributed by atoms with Crippen LogP contribution in [-0.4, -0.2) is 12.1 Å². The molecule has 0 aliphatic heterocycles. The van der Waals surface area contributed by atoms with Gasteiger partial charge in [0.15, 0.2) is 0 Å². The van der Waals surface area contributed by atoms with E-state index in [-0.39, 0.29) is 0 Å². The van der Waals surface area contributed by atoms with Gasteiger partial charge in [-0.2, -0.15) is 0 Å². The maximum atomic E-state index is 5.97. The third-order valence-corrected chi connectivity index (χ3v) is 2.19. The molecular weight excluding hydrogens is 186 g/mol. The van der Waals surface area contributed by atoms with Gasteiger partial charge in [0.2, 0.25) is 5.88 Å². The summed E-state index contributed by atoms with van der Waals surface area (Å²) >= 11 is 5.97. The molecule has 1 aromatic heterocycles. The lowest BCUT2D eigenvalue weighted by molar-refractivity contribution is 0.399. The molecule has 0 saturated heterocycles. The Morgan fingerprint density at radius 2 is 2.08 bits per heavy atom. The number of benzene rings is 1. The van der Waals surface area contributed by atoms with Crippen LogP contribution in [0.1, 0.15) is 0 Å². The number of rotatable bonds is 1. The Morgan fingerprint density at radius 1 is 1.23 bits per heavy atom. The number of hydrogen-bond acceptors (Lipinski definition) is 2. The van der Waals surface area contributed by atoms with Crippen molar-refractivity contribution in [1.82, 2.24) is 4.98 Å². The molecular formula is C10H8ClNO. The van der Waals surface area contributed by atoms with Crippen LogP contribution in [0, 0.1) is 0 Å². The van der Waals surface area contributed by atoms with Crippen LogP contribution in [-0.2, 0) is 0 Å². The number of nitrogens with zero attached hydrogens (tertiary/aromatic N) is 1. The molecule has 0 saturated carbocycles. The van der Waals surface area contributed by atoms with Crippen molar-refractivity contribution in [2.45, 2.75) is 0 Å². The summed E-state index contributed by atoms with van der Waals surface area (Å²) in [7, 11) is 1.60. The number of pyridine rings is 1. The lowest BCUT2D eigenvalue weighted by atomic mass is 10.2. The van der Waals surface area contributed by atoms with E-state index in [4.69, 9.17) is 16.3 Å². The van der Waals surface area contributed by atoms with Crippen LogP contribution >= 0.6 is 11.6 Å². The van der Waals surface area contributed by atoms with Crippen molar-refractivity contribution in [2.24, 2.45) is 0 Å². The van der Waals surface area contributed by atoms with Crippen molar-refractivity contribution in [3.8, 4) is 5.88 Å². The molecule has 0 aliphatic carbocycles. The van der Waals surface area contributed by atoms with E-state index in [2.05, 4.69) is 4.98 Å². The maximum absolute atomic E-state index is 5.97. The van der Waals surface area contributed by atoms with Gasteiger partial charge in [-0.1, -0.05) is 17.7 Å². The van der Waals surface area contributed by atoms with Gasteiger partial charge < -0.3 is 4.74 Å². The van der Waals surface area contributed by atoms with Crippen LogP contribution in [0.15, 0.2) is 30.3 Å². The molecule has 0 amide bonds. The minimum absolute atomic E-state index is 0.606. The van der Waals surface area contributed by atoms with E-state index in [1.165, 1.54) is 0 Å². The molecule has 0 aliphatic rings. The van der Waals surface area contributed by atoms with Crippen molar-refractivity contribution in [2.75, 3.05) is 7.11 Å². The minimum atomic E-state index is 0.606. The third kappa shape index (κ3) is 1.45. The fourth-order valence-corrected chi connectivity index (χ4v) is 1.44. The van der Waals surface area contributed by atoms with Crippen LogP contribution < -0.4 is 4.74 Å². The standard InChI is InChI=1S/C10H8ClNO/c1-13-10-6-5-7-8(11)3-2-4-9(7)12-10/h2-6H,1H3. The summed E-state index contributed by atoms with van der Waals surface area (Å²) in [6, 6.07) is 9.33. The van der Waals surface area contributed by atoms with Crippen molar-refractivity contribution in [1.29, 1.82) is 0 Å². The van der Waals surface area contributed by atoms with Gasteiger partial charge in [-0.3, -0.25) is 0 Å². The highest BCUT2D eigenvalue weighted by molar-refractivity contribution is 6.35. The molecule has 0 radical (unpaired) electrons. The lowest BCUT2D eigenvalue weighted by Gasteiger charge is -2.01. The monoisotopic (exact) mass is 193 g/mol. The number of aromatic nitrogens is 1. The summed E-state index contributed by atoms with van der Waals surface area (Å²) in [5.41, 5.74) is 0.854. The second-order valence-electron chi connectivity index (χ2n) is 2.66. The van der Waals surface area contributed by atoms with E-state index in [0.29, 0.717) is 10.9 Å². The zero-order chi connectivity index (χ0) is 9.26. The van der Waals surface area contributed by atoms with Crippen LogP contribution in [0.25, 0.3) is 10.9 Å². The molecule has 13 heavy (non-hydrogen) atoms. The first-order valence-corrected chi connectivity index (χ1v) is 4.28. The summed E-state index contributed by atoms with van der Waals surface area (Å²) in [4.78, 5) is 4.25. The minimum Gasteiger partial charge on any atom is -0.481 e. The van der Waals surface area contributed by atoms with Gasteiger partial charge in [0.25, 0.3) is 0 Å². The van der Waals surface area contributed by atoms with E-state index in [9.17, 15) is 0 Å². The normalized spacial score (nSPS) is 10.3. The first-order valence-electron chi connectivity index (χ1n) is 3.90. The molecule has 1 heterocycles. The van der Waals surface area contributed by atoms with Gasteiger partial charge in [-0.25, -0.2) is 4.98 Å². The molecule has 0 unspecified atom stereocenters. The van der Waals surface area contributed by atoms with Crippen molar-refractivity contribution in [3.05, 3.63) is 35.4 Å². The average Bonchev–Trinajstić information content (AvgIpc) is 2.18. The molecule has 0 atom stereocenters. The number of methoxy groups -OCH3 is 1. The van der Waals surface area contributed by atoms with Gasteiger partial charge in [-0.05, 0) is 18.2 Å². The van der Waals surface area contributed by atoms with Crippen molar-refractivity contribution >= 4 is 22.5 Å². The molecule has 0 bridgehead atoms. The van der Waals surface area contributed by atoms with Gasteiger partial charge in [-0.15, -0.1) is 0 Å². The second kappa shape index (κ2) is 3.23. The Bertz CT molecular complexity index is 442. The second-order valence-corrected chi connectivity index (χ2v) is 3.07. The van der Waals surface area contributed by atoms with Gasteiger partial charge in [0.1, 0.15) is 0 Å². The summed E-state index contributed by atoms with van der Waals surface area (Å²) in [5, 5.41) is 1.66. The molecule has 66 valence electrons. The predicted octanol–water partition coefficient (Wildman–Crippen LogP) is 2.90. The highest BCUT2D eigenvalue weighted by atomic mass is 35.5. The summed E-state index contributed by atoms with van der Waals surface area (Å²) < 4.78 is 5.01. The summed E-state index contributed by atoms with van der Waals surface area (Å²) in [6.45, 7) is 0. The van der Waals surface area contributed by atoms with Crippen molar-refractivity contribution < 1.29 is 4.74 Å². The Kier molecular flexibility index (Phi) is 2.07. The topological polar surface area (TPSA) is 22.1 Å². The van der Waals surface area contributed by atoms with E-state index in [0.717, 1.165) is 10.9 Å². The van der Waals surface area contributed by atoms with Gasteiger partial charge in [0, 0.05) is 16.5 Å². The quantitative estimate of drug-likeness (QED) is 0.695. The maximum Gasteiger partial charge on any atom is 0.213 e. The zero-order valence-corrected chi connectivity index (χ0v) is 7.88. The summed E-state index contributed by atoms with van der Waals surface area (Å²) in [5.74, 6) is 0.606. The van der Waals surface area contributed by atoms with E-state index < -0.39 is 0 Å². The first-order chi connectivity index (χ1) is 6.31. The SMILES string of the molecule is COc1ccc2c(Cl)cccc2n1. The fourth-order valence-electron chi connectivity index (χ4n) is 1.21. The number of halogens is 1. The fraction of sp³-hybridized carbons (Fsp3) is 0.100. The Hall–Kier alpha value is -1.28. The number of ether oxygens (including phenoxy) is 1. The van der Waals surface area contributed by atoms with Crippen LogP contribution in [0.3, 0.4) is 0 Å². The molecule has 3 heteroatoms. The summed E-state index contributed by atoms with van der Waals surface area (Å²) in [6.07, 6.45) is 0. The molecule has 0 spiro atoms. The molecule has 2 nitrogen and oxygen atoms in total. The van der Waals surface area contributed by atoms with E-state index in [1.807, 2.05) is 24.3 Å².